The lowest BCUT2D eigenvalue weighted by Gasteiger charge is -2.18. The Morgan fingerprint density at radius 3 is 2.62 bits per heavy atom. The molecule has 0 atom stereocenters. The number of fused-ring (bicyclic) bond motifs is 1. The fraction of sp³-hybridized carbons (Fsp3) is 0.158. The molecule has 1 aliphatic heterocycles. The lowest BCUT2D eigenvalue weighted by molar-refractivity contribution is -0.112. The minimum absolute atomic E-state index is 0.0141. The summed E-state index contributed by atoms with van der Waals surface area (Å²) in [5.74, 6) is -0.926. The maximum atomic E-state index is 11.5. The van der Waals surface area contributed by atoms with Crippen molar-refractivity contribution in [1.29, 1.82) is 0 Å². The highest BCUT2D eigenvalue weighted by Gasteiger charge is 2.25. The number of hydrogen-bond donors (Lipinski definition) is 1. The molecule has 2 aromatic rings. The number of aromatic carboxylic acids is 1. The first-order chi connectivity index (χ1) is 11.5. The molecule has 0 aromatic heterocycles. The van der Waals surface area contributed by atoms with Crippen molar-refractivity contribution in [1.82, 2.24) is 0 Å². The Labute approximate surface area is 144 Å². The van der Waals surface area contributed by atoms with Gasteiger partial charge in [-0.25, -0.2) is 4.79 Å². The molecular weight excluding hydrogens is 322 g/mol. The smallest absolute Gasteiger partial charge is 0.336 e. The number of allylic oxidation sites excluding steroid dienone is 1. The largest absolute Gasteiger partial charge is 0.478 e. The molecule has 0 unspecified atom stereocenters. The van der Waals surface area contributed by atoms with Gasteiger partial charge in [-0.2, -0.15) is 0 Å². The normalized spacial score (nSPS) is 14.8. The summed E-state index contributed by atoms with van der Waals surface area (Å²) in [6, 6.07) is 12.9. The molecule has 0 saturated heterocycles. The topological polar surface area (TPSA) is 57.6 Å². The van der Waals surface area contributed by atoms with Crippen LogP contribution in [-0.4, -0.2) is 23.4 Å². The number of carboxylic acids is 1. The summed E-state index contributed by atoms with van der Waals surface area (Å²) in [4.78, 5) is 26.0. The summed E-state index contributed by atoms with van der Waals surface area (Å²) in [6.07, 6.45) is 1.64. The van der Waals surface area contributed by atoms with Crippen LogP contribution in [0.25, 0.3) is 11.1 Å². The Morgan fingerprint density at radius 1 is 1.21 bits per heavy atom. The van der Waals surface area contributed by atoms with Crippen molar-refractivity contribution >= 4 is 29.2 Å². The van der Waals surface area contributed by atoms with Crippen molar-refractivity contribution in [3.63, 3.8) is 0 Å². The molecule has 24 heavy (non-hydrogen) atoms. The molecule has 1 heterocycles. The van der Waals surface area contributed by atoms with Crippen molar-refractivity contribution < 1.29 is 14.7 Å². The van der Waals surface area contributed by atoms with E-state index in [-0.39, 0.29) is 11.3 Å². The molecule has 2 aromatic carbocycles. The summed E-state index contributed by atoms with van der Waals surface area (Å²) in [5, 5.41) is 10.3. The molecule has 5 heteroatoms. The van der Waals surface area contributed by atoms with E-state index in [0.29, 0.717) is 5.56 Å². The van der Waals surface area contributed by atoms with Crippen molar-refractivity contribution in [3.8, 4) is 11.1 Å². The fourth-order valence-electron chi connectivity index (χ4n) is 2.80. The summed E-state index contributed by atoms with van der Waals surface area (Å²) >= 11 is 1.56. The number of rotatable bonds is 4. The van der Waals surface area contributed by atoms with Gasteiger partial charge in [0.1, 0.15) is 0 Å². The zero-order valence-electron chi connectivity index (χ0n) is 13.4. The third-order valence-corrected chi connectivity index (χ3v) is 4.95. The van der Waals surface area contributed by atoms with Crippen LogP contribution in [-0.2, 0) is 4.79 Å². The first kappa shape index (κ1) is 16.3. The summed E-state index contributed by atoms with van der Waals surface area (Å²) in [5.41, 5.74) is 2.84. The number of carboxylic acid groups (broad SMARTS) is 1. The Bertz CT molecular complexity index is 857. The quantitative estimate of drug-likeness (QED) is 0.836. The minimum Gasteiger partial charge on any atom is -0.478 e. The Balaban J connectivity index is 2.09. The van der Waals surface area contributed by atoms with E-state index in [2.05, 4.69) is 4.90 Å². The van der Waals surface area contributed by atoms with Crippen molar-refractivity contribution in [2.45, 2.75) is 18.7 Å². The average molecular weight is 339 g/mol. The third-order valence-electron chi connectivity index (χ3n) is 3.84. The van der Waals surface area contributed by atoms with Gasteiger partial charge < -0.3 is 10.0 Å². The number of nitrogens with zero attached hydrogens (tertiary/aromatic N) is 1. The van der Waals surface area contributed by atoms with E-state index >= 15 is 0 Å². The molecule has 0 fully saturated rings. The van der Waals surface area contributed by atoms with Gasteiger partial charge in [-0.15, -0.1) is 0 Å². The predicted molar refractivity (Wildman–Crippen MR) is 96.5 cm³/mol. The SMILES string of the molecule is CCN1C(=CC(C)=O)Sc2ccc(-c3ccccc3C(=O)O)cc21. The highest BCUT2D eigenvalue weighted by atomic mass is 32.2. The van der Waals surface area contributed by atoms with Crippen molar-refractivity contribution in [2.24, 2.45) is 0 Å². The molecule has 0 saturated carbocycles. The van der Waals surface area contributed by atoms with Crippen LogP contribution in [0.15, 0.2) is 58.5 Å². The van der Waals surface area contributed by atoms with Gasteiger partial charge in [0.05, 0.1) is 16.3 Å². The molecular formula is C19H17NO3S. The second-order valence-corrected chi connectivity index (χ2v) is 6.54. The van der Waals surface area contributed by atoms with Gasteiger partial charge in [0.2, 0.25) is 0 Å². The predicted octanol–water partition coefficient (Wildman–Crippen LogP) is 4.41. The van der Waals surface area contributed by atoms with Crippen LogP contribution >= 0.6 is 11.8 Å². The van der Waals surface area contributed by atoms with Gasteiger partial charge in [0.15, 0.2) is 5.78 Å². The maximum Gasteiger partial charge on any atom is 0.336 e. The number of hydrogen-bond acceptors (Lipinski definition) is 4. The molecule has 0 bridgehead atoms. The standard InChI is InChI=1S/C19H17NO3S/c1-3-20-16-11-13(14-6-4-5-7-15(14)19(22)23)8-9-17(16)24-18(20)10-12(2)21/h4-11H,3H2,1-2H3,(H,22,23). The molecule has 1 N–H and O–H groups in total. The first-order valence-corrected chi connectivity index (χ1v) is 8.47. The highest BCUT2D eigenvalue weighted by Crippen LogP contribution is 2.47. The van der Waals surface area contributed by atoms with Crippen LogP contribution in [0.4, 0.5) is 5.69 Å². The Morgan fingerprint density at radius 2 is 1.96 bits per heavy atom. The zero-order valence-corrected chi connectivity index (χ0v) is 14.3. The van der Waals surface area contributed by atoms with E-state index in [0.717, 1.165) is 27.7 Å². The first-order valence-electron chi connectivity index (χ1n) is 7.65. The van der Waals surface area contributed by atoms with Crippen molar-refractivity contribution in [3.05, 3.63) is 59.1 Å². The number of ketones is 1. The zero-order chi connectivity index (χ0) is 17.3. The van der Waals surface area contributed by atoms with E-state index in [9.17, 15) is 14.7 Å². The molecule has 0 radical (unpaired) electrons. The van der Waals surface area contributed by atoms with E-state index in [1.165, 1.54) is 0 Å². The van der Waals surface area contributed by atoms with E-state index < -0.39 is 5.97 Å². The number of thioether (sulfide) groups is 1. The van der Waals surface area contributed by atoms with Crippen LogP contribution in [0.2, 0.25) is 0 Å². The maximum absolute atomic E-state index is 11.5. The van der Waals surface area contributed by atoms with Crippen LogP contribution < -0.4 is 4.90 Å². The Kier molecular flexibility index (Phi) is 4.44. The van der Waals surface area contributed by atoms with Crippen LogP contribution in [0.3, 0.4) is 0 Å². The molecule has 3 rings (SSSR count). The van der Waals surface area contributed by atoms with Gasteiger partial charge in [-0.3, -0.25) is 4.79 Å². The van der Waals surface area contributed by atoms with E-state index in [4.69, 9.17) is 0 Å². The highest BCUT2D eigenvalue weighted by molar-refractivity contribution is 8.03. The minimum atomic E-state index is -0.940. The average Bonchev–Trinajstić information content (AvgIpc) is 2.90. The van der Waals surface area contributed by atoms with Gasteiger partial charge >= 0.3 is 5.97 Å². The number of anilines is 1. The van der Waals surface area contributed by atoms with Crippen LogP contribution in [0.1, 0.15) is 24.2 Å². The van der Waals surface area contributed by atoms with Gasteiger partial charge in [0.25, 0.3) is 0 Å². The third kappa shape index (κ3) is 2.95. The van der Waals surface area contributed by atoms with E-state index in [1.54, 1.807) is 36.9 Å². The lowest BCUT2D eigenvalue weighted by atomic mass is 9.99. The van der Waals surface area contributed by atoms with Crippen molar-refractivity contribution in [2.75, 3.05) is 11.4 Å². The van der Waals surface area contributed by atoms with Gasteiger partial charge in [0, 0.05) is 17.5 Å². The summed E-state index contributed by atoms with van der Waals surface area (Å²) in [7, 11) is 0. The second kappa shape index (κ2) is 6.53. The monoisotopic (exact) mass is 339 g/mol. The second-order valence-electron chi connectivity index (χ2n) is 5.47. The molecule has 0 amide bonds. The number of carbonyl (C=O) groups excluding carboxylic acids is 1. The van der Waals surface area contributed by atoms with Gasteiger partial charge in [-0.05, 0) is 43.2 Å². The van der Waals surface area contributed by atoms with E-state index in [1.807, 2.05) is 37.3 Å². The fourth-order valence-corrected chi connectivity index (χ4v) is 4.00. The van der Waals surface area contributed by atoms with Crippen LogP contribution in [0, 0.1) is 0 Å². The summed E-state index contributed by atoms with van der Waals surface area (Å²) < 4.78 is 0. The molecule has 4 nitrogen and oxygen atoms in total. The molecule has 1 aliphatic rings. The molecule has 122 valence electrons. The Hall–Kier alpha value is -2.53. The van der Waals surface area contributed by atoms with Gasteiger partial charge in [-0.1, -0.05) is 36.0 Å². The summed E-state index contributed by atoms with van der Waals surface area (Å²) in [6.45, 7) is 4.31. The lowest BCUT2D eigenvalue weighted by Crippen LogP contribution is -2.17. The molecule has 0 aliphatic carbocycles. The number of benzene rings is 2. The van der Waals surface area contributed by atoms with Crippen LogP contribution in [0.5, 0.6) is 0 Å². The number of carbonyl (C=O) groups is 2. The molecule has 0 spiro atoms.